The van der Waals surface area contributed by atoms with Gasteiger partial charge in [-0.2, -0.15) is 0 Å². The summed E-state index contributed by atoms with van der Waals surface area (Å²) in [4.78, 5) is 29.9. The zero-order valence-electron chi connectivity index (χ0n) is 17.4. The Kier molecular flexibility index (Phi) is 5.53. The average molecular weight is 419 g/mol. The summed E-state index contributed by atoms with van der Waals surface area (Å²) in [6.45, 7) is 4.20. The quantitative estimate of drug-likeness (QED) is 0.439. The molecule has 3 heterocycles. The molecule has 0 saturated heterocycles. The third kappa shape index (κ3) is 4.05. The van der Waals surface area contributed by atoms with Crippen molar-refractivity contribution < 1.29 is 18.8 Å². The van der Waals surface area contributed by atoms with Crippen molar-refractivity contribution in [3.8, 4) is 17.1 Å². The molecule has 0 aliphatic carbocycles. The molecule has 0 unspecified atom stereocenters. The number of benzene rings is 1. The number of rotatable bonds is 6. The lowest BCUT2D eigenvalue weighted by molar-refractivity contribution is 0.0462. The van der Waals surface area contributed by atoms with E-state index >= 15 is 0 Å². The number of hydrogen-bond donors (Lipinski definition) is 0. The van der Waals surface area contributed by atoms with Gasteiger partial charge in [0.2, 0.25) is 5.43 Å². The van der Waals surface area contributed by atoms with Gasteiger partial charge in [-0.15, -0.1) is 0 Å². The van der Waals surface area contributed by atoms with Crippen molar-refractivity contribution in [1.29, 1.82) is 0 Å². The Morgan fingerprint density at radius 3 is 2.81 bits per heavy atom. The molecular formula is C23H21N3O5. The van der Waals surface area contributed by atoms with E-state index in [1.165, 1.54) is 6.20 Å². The van der Waals surface area contributed by atoms with Crippen LogP contribution < -0.4 is 10.2 Å². The highest BCUT2D eigenvalue weighted by atomic mass is 16.5. The summed E-state index contributed by atoms with van der Waals surface area (Å²) < 4.78 is 17.7. The molecule has 31 heavy (non-hydrogen) atoms. The van der Waals surface area contributed by atoms with E-state index in [0.29, 0.717) is 34.8 Å². The Balaban J connectivity index is 1.55. The van der Waals surface area contributed by atoms with Crippen LogP contribution in [0.3, 0.4) is 0 Å². The molecule has 0 atom stereocenters. The fraction of sp³-hybridized carbons (Fsp3) is 0.217. The maximum atomic E-state index is 12.8. The standard InChI is InChI=1S/C23H21N3O5/c1-4-26-12-19(21(27)18-9-8-14(2)24-22(18)26)23(28)30-13-16-11-20(31-25-16)15-6-5-7-17(10-15)29-3/h5-12H,4,13H2,1-3H3. The molecule has 4 aromatic rings. The molecule has 1 aromatic carbocycles. The summed E-state index contributed by atoms with van der Waals surface area (Å²) in [7, 11) is 1.58. The molecule has 0 radical (unpaired) electrons. The van der Waals surface area contributed by atoms with Crippen molar-refractivity contribution in [3.05, 3.63) is 75.8 Å². The molecule has 158 valence electrons. The molecule has 0 N–H and O–H groups in total. The summed E-state index contributed by atoms with van der Waals surface area (Å²) in [5.74, 6) is 0.487. The van der Waals surface area contributed by atoms with Gasteiger partial charge < -0.3 is 18.6 Å². The van der Waals surface area contributed by atoms with Crippen molar-refractivity contribution in [2.24, 2.45) is 0 Å². The summed E-state index contributed by atoms with van der Waals surface area (Å²) in [5, 5.41) is 4.32. The van der Waals surface area contributed by atoms with E-state index in [4.69, 9.17) is 14.0 Å². The second-order valence-electron chi connectivity index (χ2n) is 6.97. The SMILES string of the molecule is CCn1cc(C(=O)OCc2cc(-c3cccc(OC)c3)on2)c(=O)c2ccc(C)nc21. The third-order valence-corrected chi connectivity index (χ3v) is 4.89. The predicted molar refractivity (Wildman–Crippen MR) is 114 cm³/mol. The Bertz CT molecular complexity index is 1320. The molecule has 0 fully saturated rings. The Morgan fingerprint density at radius 2 is 2.03 bits per heavy atom. The summed E-state index contributed by atoms with van der Waals surface area (Å²) in [6.07, 6.45) is 1.49. The first kappa shape index (κ1) is 20.3. The van der Waals surface area contributed by atoms with Crippen LogP contribution in [0.4, 0.5) is 0 Å². The second-order valence-corrected chi connectivity index (χ2v) is 6.97. The molecule has 0 spiro atoms. The lowest BCUT2D eigenvalue weighted by Crippen LogP contribution is -2.21. The minimum absolute atomic E-state index is 0.0449. The Morgan fingerprint density at radius 1 is 1.19 bits per heavy atom. The van der Waals surface area contributed by atoms with Gasteiger partial charge in [0.15, 0.2) is 5.76 Å². The van der Waals surface area contributed by atoms with E-state index in [-0.39, 0.29) is 12.2 Å². The van der Waals surface area contributed by atoms with Crippen molar-refractivity contribution in [3.63, 3.8) is 0 Å². The van der Waals surface area contributed by atoms with Crippen LogP contribution in [-0.4, -0.2) is 27.8 Å². The van der Waals surface area contributed by atoms with Gasteiger partial charge >= 0.3 is 5.97 Å². The molecule has 0 amide bonds. The van der Waals surface area contributed by atoms with Gasteiger partial charge in [-0.1, -0.05) is 17.3 Å². The van der Waals surface area contributed by atoms with Crippen molar-refractivity contribution in [2.45, 2.75) is 27.0 Å². The molecular weight excluding hydrogens is 398 g/mol. The topological polar surface area (TPSA) is 96.5 Å². The number of methoxy groups -OCH3 is 1. The van der Waals surface area contributed by atoms with E-state index in [1.54, 1.807) is 29.9 Å². The number of esters is 1. The van der Waals surface area contributed by atoms with E-state index in [2.05, 4.69) is 10.1 Å². The van der Waals surface area contributed by atoms with E-state index in [0.717, 1.165) is 11.3 Å². The normalized spacial score (nSPS) is 10.9. The zero-order chi connectivity index (χ0) is 22.0. The summed E-state index contributed by atoms with van der Waals surface area (Å²) in [5.41, 5.74) is 2.10. The van der Waals surface area contributed by atoms with Crippen molar-refractivity contribution in [1.82, 2.24) is 14.7 Å². The fourth-order valence-corrected chi connectivity index (χ4v) is 3.26. The lowest BCUT2D eigenvalue weighted by Gasteiger charge is -2.10. The first-order valence-corrected chi connectivity index (χ1v) is 9.78. The van der Waals surface area contributed by atoms with Crippen LogP contribution in [0, 0.1) is 6.92 Å². The van der Waals surface area contributed by atoms with Crippen LogP contribution in [0.15, 0.2) is 58.0 Å². The number of hydrogen-bond acceptors (Lipinski definition) is 7. The van der Waals surface area contributed by atoms with Crippen molar-refractivity contribution >= 4 is 17.0 Å². The number of carbonyl (C=O) groups is 1. The first-order chi connectivity index (χ1) is 15.0. The predicted octanol–water partition coefficient (Wildman–Crippen LogP) is 3.75. The highest BCUT2D eigenvalue weighted by Crippen LogP contribution is 2.24. The van der Waals surface area contributed by atoms with E-state index in [9.17, 15) is 9.59 Å². The van der Waals surface area contributed by atoms with Gasteiger partial charge in [0.1, 0.15) is 29.3 Å². The van der Waals surface area contributed by atoms with Crippen LogP contribution in [0.25, 0.3) is 22.4 Å². The van der Waals surface area contributed by atoms with E-state index in [1.807, 2.05) is 38.1 Å². The third-order valence-electron chi connectivity index (χ3n) is 4.89. The van der Waals surface area contributed by atoms with Crippen LogP contribution >= 0.6 is 0 Å². The van der Waals surface area contributed by atoms with Gasteiger partial charge in [0.05, 0.1) is 12.5 Å². The molecule has 0 bridgehead atoms. The molecule has 0 saturated carbocycles. The lowest BCUT2D eigenvalue weighted by atomic mass is 10.1. The van der Waals surface area contributed by atoms with E-state index < -0.39 is 11.4 Å². The molecule has 3 aromatic heterocycles. The zero-order valence-corrected chi connectivity index (χ0v) is 17.4. The van der Waals surface area contributed by atoms with Crippen LogP contribution in [-0.2, 0) is 17.9 Å². The number of pyridine rings is 2. The van der Waals surface area contributed by atoms with Gasteiger partial charge in [-0.3, -0.25) is 4.79 Å². The van der Waals surface area contributed by atoms with Crippen LogP contribution in [0.2, 0.25) is 0 Å². The fourth-order valence-electron chi connectivity index (χ4n) is 3.26. The highest BCUT2D eigenvalue weighted by Gasteiger charge is 2.18. The monoisotopic (exact) mass is 419 g/mol. The van der Waals surface area contributed by atoms with Gasteiger partial charge in [0.25, 0.3) is 0 Å². The first-order valence-electron chi connectivity index (χ1n) is 9.78. The minimum atomic E-state index is -0.722. The van der Waals surface area contributed by atoms with Gasteiger partial charge in [0, 0.05) is 30.1 Å². The summed E-state index contributed by atoms with van der Waals surface area (Å²) >= 11 is 0. The molecule has 8 heteroatoms. The number of fused-ring (bicyclic) bond motifs is 1. The highest BCUT2D eigenvalue weighted by molar-refractivity contribution is 5.93. The number of aromatic nitrogens is 3. The number of carbonyl (C=O) groups excluding carboxylic acids is 1. The maximum Gasteiger partial charge on any atom is 0.344 e. The smallest absolute Gasteiger partial charge is 0.344 e. The largest absolute Gasteiger partial charge is 0.497 e. The Labute approximate surface area is 178 Å². The number of nitrogens with zero attached hydrogens (tertiary/aromatic N) is 3. The minimum Gasteiger partial charge on any atom is -0.497 e. The number of ether oxygens (including phenoxy) is 2. The van der Waals surface area contributed by atoms with Crippen molar-refractivity contribution in [2.75, 3.05) is 7.11 Å². The maximum absolute atomic E-state index is 12.8. The van der Waals surface area contributed by atoms with Gasteiger partial charge in [-0.05, 0) is 38.1 Å². The average Bonchev–Trinajstić information content (AvgIpc) is 3.27. The van der Waals surface area contributed by atoms with Crippen LogP contribution in [0.5, 0.6) is 5.75 Å². The molecule has 4 rings (SSSR count). The van der Waals surface area contributed by atoms with Crippen LogP contribution in [0.1, 0.15) is 28.7 Å². The molecule has 0 aliphatic heterocycles. The second kappa shape index (κ2) is 8.43. The Hall–Kier alpha value is -3.94. The number of aryl methyl sites for hydroxylation is 2. The molecule has 8 nitrogen and oxygen atoms in total. The summed E-state index contributed by atoms with van der Waals surface area (Å²) in [6, 6.07) is 12.4. The molecule has 0 aliphatic rings. The van der Waals surface area contributed by atoms with Gasteiger partial charge in [-0.25, -0.2) is 9.78 Å².